The highest BCUT2D eigenvalue weighted by Crippen LogP contribution is 2.64. The molecule has 4 aliphatic rings. The van der Waals surface area contributed by atoms with Crippen LogP contribution in [0.3, 0.4) is 0 Å². The molecule has 5 rings (SSSR count). The van der Waals surface area contributed by atoms with Gasteiger partial charge in [0.05, 0.1) is 0 Å². The lowest BCUT2D eigenvalue weighted by Gasteiger charge is -2.55. The Bertz CT molecular complexity index is 841. The van der Waals surface area contributed by atoms with Crippen molar-refractivity contribution in [3.8, 4) is 0 Å². The van der Waals surface area contributed by atoms with Crippen LogP contribution >= 0.6 is 0 Å². The van der Waals surface area contributed by atoms with Gasteiger partial charge in [-0.3, -0.25) is 0 Å². The SMILES string of the molecule is CC1(C)CCC2C(=C3Cc4ccccc4C3=C3C=CCCC32)C1(C)C. The average Bonchev–Trinajstić information content (AvgIpc) is 2.97. The number of allylic oxidation sites excluding steroid dienone is 6. The molecule has 0 heteroatoms. The van der Waals surface area contributed by atoms with Crippen LogP contribution in [0.2, 0.25) is 0 Å². The van der Waals surface area contributed by atoms with Gasteiger partial charge in [0.1, 0.15) is 0 Å². The van der Waals surface area contributed by atoms with Gasteiger partial charge in [0.2, 0.25) is 0 Å². The van der Waals surface area contributed by atoms with Crippen LogP contribution in [0.15, 0.2) is 53.1 Å². The number of rotatable bonds is 0. The molecule has 1 saturated carbocycles. The van der Waals surface area contributed by atoms with E-state index in [1.54, 1.807) is 22.3 Å². The molecule has 2 atom stereocenters. The largest absolute Gasteiger partial charge is 0.0842 e. The fourth-order valence-corrected chi connectivity index (χ4v) is 6.18. The van der Waals surface area contributed by atoms with E-state index in [0.717, 1.165) is 18.3 Å². The van der Waals surface area contributed by atoms with Crippen LogP contribution < -0.4 is 0 Å². The van der Waals surface area contributed by atoms with Crippen molar-refractivity contribution in [1.82, 2.24) is 0 Å². The summed E-state index contributed by atoms with van der Waals surface area (Å²) >= 11 is 0. The van der Waals surface area contributed by atoms with Gasteiger partial charge in [0.15, 0.2) is 0 Å². The second-order valence-corrected chi connectivity index (χ2v) is 9.80. The summed E-state index contributed by atoms with van der Waals surface area (Å²) in [5, 5.41) is 0. The summed E-state index contributed by atoms with van der Waals surface area (Å²) in [6.45, 7) is 10.1. The van der Waals surface area contributed by atoms with Crippen LogP contribution in [-0.2, 0) is 6.42 Å². The van der Waals surface area contributed by atoms with Gasteiger partial charge in [-0.25, -0.2) is 0 Å². The molecule has 1 aromatic rings. The first-order valence-electron chi connectivity index (χ1n) is 10.1. The van der Waals surface area contributed by atoms with E-state index in [1.165, 1.54) is 31.2 Å². The zero-order chi connectivity index (χ0) is 17.4. The Morgan fingerprint density at radius 1 is 0.960 bits per heavy atom. The zero-order valence-corrected chi connectivity index (χ0v) is 16.2. The highest BCUT2D eigenvalue weighted by molar-refractivity contribution is 5.91. The van der Waals surface area contributed by atoms with Crippen LogP contribution in [0, 0.1) is 22.7 Å². The third-order valence-electron chi connectivity index (χ3n) is 8.21. The average molecular weight is 331 g/mol. The molecule has 25 heavy (non-hydrogen) atoms. The van der Waals surface area contributed by atoms with Crippen LogP contribution in [0.5, 0.6) is 0 Å². The molecule has 0 bridgehead atoms. The van der Waals surface area contributed by atoms with Crippen LogP contribution in [0.4, 0.5) is 0 Å². The van der Waals surface area contributed by atoms with E-state index < -0.39 is 0 Å². The van der Waals surface area contributed by atoms with E-state index in [9.17, 15) is 0 Å². The molecule has 0 radical (unpaired) electrons. The van der Waals surface area contributed by atoms with Crippen molar-refractivity contribution in [3.63, 3.8) is 0 Å². The lowest BCUT2D eigenvalue weighted by molar-refractivity contribution is 0.0670. The van der Waals surface area contributed by atoms with Crippen LogP contribution in [0.25, 0.3) is 5.57 Å². The molecule has 0 aliphatic heterocycles. The lowest BCUT2D eigenvalue weighted by atomic mass is 9.49. The van der Waals surface area contributed by atoms with E-state index in [4.69, 9.17) is 0 Å². The second-order valence-electron chi connectivity index (χ2n) is 9.80. The second kappa shape index (κ2) is 5.00. The molecule has 0 N–H and O–H groups in total. The van der Waals surface area contributed by atoms with E-state index in [0.29, 0.717) is 5.41 Å². The predicted octanol–water partition coefficient (Wildman–Crippen LogP) is 6.74. The van der Waals surface area contributed by atoms with E-state index >= 15 is 0 Å². The minimum Gasteiger partial charge on any atom is -0.0842 e. The van der Waals surface area contributed by atoms with Gasteiger partial charge < -0.3 is 0 Å². The Kier molecular flexibility index (Phi) is 3.13. The quantitative estimate of drug-likeness (QED) is 0.494. The monoisotopic (exact) mass is 330 g/mol. The van der Waals surface area contributed by atoms with Crippen molar-refractivity contribution < 1.29 is 0 Å². The molecule has 4 aliphatic carbocycles. The first-order chi connectivity index (χ1) is 11.9. The molecule has 0 nitrogen and oxygen atoms in total. The van der Waals surface area contributed by atoms with Crippen LogP contribution in [-0.4, -0.2) is 0 Å². The van der Waals surface area contributed by atoms with Crippen LogP contribution in [0.1, 0.15) is 64.5 Å². The fourth-order valence-electron chi connectivity index (χ4n) is 6.18. The number of hydrogen-bond acceptors (Lipinski definition) is 0. The number of fused-ring (bicyclic) bond motifs is 6. The summed E-state index contributed by atoms with van der Waals surface area (Å²) < 4.78 is 0. The lowest BCUT2D eigenvalue weighted by Crippen LogP contribution is -2.45. The van der Waals surface area contributed by atoms with Gasteiger partial charge in [-0.2, -0.15) is 0 Å². The molecule has 1 fully saturated rings. The van der Waals surface area contributed by atoms with Crippen molar-refractivity contribution in [2.45, 2.75) is 59.8 Å². The van der Waals surface area contributed by atoms with Gasteiger partial charge in [-0.1, -0.05) is 69.7 Å². The maximum Gasteiger partial charge on any atom is -0.00135 e. The summed E-state index contributed by atoms with van der Waals surface area (Å²) in [5.74, 6) is 1.52. The Balaban J connectivity index is 1.83. The van der Waals surface area contributed by atoms with Gasteiger partial charge in [-0.15, -0.1) is 0 Å². The first kappa shape index (κ1) is 15.7. The zero-order valence-electron chi connectivity index (χ0n) is 16.2. The van der Waals surface area contributed by atoms with Gasteiger partial charge in [-0.05, 0) is 82.6 Å². The molecule has 0 amide bonds. The Hall–Kier alpha value is -1.56. The van der Waals surface area contributed by atoms with Gasteiger partial charge >= 0.3 is 0 Å². The number of benzene rings is 1. The minimum absolute atomic E-state index is 0.283. The van der Waals surface area contributed by atoms with Crippen molar-refractivity contribution in [3.05, 3.63) is 64.3 Å². The molecule has 2 unspecified atom stereocenters. The molecule has 0 spiro atoms. The van der Waals surface area contributed by atoms with Gasteiger partial charge in [0.25, 0.3) is 0 Å². The molecule has 130 valence electrons. The Morgan fingerprint density at radius 3 is 2.60 bits per heavy atom. The summed E-state index contributed by atoms with van der Waals surface area (Å²) in [5.41, 5.74) is 10.5. The van der Waals surface area contributed by atoms with E-state index in [2.05, 4.69) is 64.1 Å². The molecular formula is C25H30. The first-order valence-corrected chi connectivity index (χ1v) is 10.1. The maximum atomic E-state index is 2.53. The Labute approximate surface area is 152 Å². The molecule has 1 aromatic carbocycles. The fraction of sp³-hybridized carbons (Fsp3) is 0.520. The van der Waals surface area contributed by atoms with E-state index in [1.807, 2.05) is 5.57 Å². The summed E-state index contributed by atoms with van der Waals surface area (Å²) in [6.07, 6.45) is 11.4. The maximum absolute atomic E-state index is 2.53. The normalized spacial score (nSPS) is 31.4. The molecule has 0 saturated heterocycles. The Morgan fingerprint density at radius 2 is 1.76 bits per heavy atom. The highest BCUT2D eigenvalue weighted by Gasteiger charge is 2.52. The summed E-state index contributed by atoms with van der Waals surface area (Å²) in [4.78, 5) is 0. The molecule has 0 aromatic heterocycles. The topological polar surface area (TPSA) is 0 Å². The standard InChI is InChI=1S/C25H30/c1-24(2)14-13-20-18-11-7-8-12-19(18)22-17-10-6-5-9-16(17)15-21(22)23(20)25(24,3)4/h5-6,8-10,12,18,20H,7,11,13-15H2,1-4H3. The molecular weight excluding hydrogens is 300 g/mol. The minimum atomic E-state index is 0.283. The third kappa shape index (κ3) is 1.94. The predicted molar refractivity (Wildman–Crippen MR) is 106 cm³/mol. The highest BCUT2D eigenvalue weighted by atomic mass is 14.6. The smallest absolute Gasteiger partial charge is 0.00135 e. The van der Waals surface area contributed by atoms with Gasteiger partial charge in [0, 0.05) is 0 Å². The summed E-state index contributed by atoms with van der Waals surface area (Å²) in [7, 11) is 0. The summed E-state index contributed by atoms with van der Waals surface area (Å²) in [6, 6.07) is 9.16. The molecule has 0 heterocycles. The third-order valence-corrected chi connectivity index (χ3v) is 8.21. The van der Waals surface area contributed by atoms with Crippen molar-refractivity contribution >= 4 is 5.57 Å². The number of hydrogen-bond donors (Lipinski definition) is 0. The van der Waals surface area contributed by atoms with E-state index in [-0.39, 0.29) is 5.41 Å². The van der Waals surface area contributed by atoms with Crippen molar-refractivity contribution in [2.24, 2.45) is 22.7 Å². The van der Waals surface area contributed by atoms with Crippen molar-refractivity contribution in [1.29, 1.82) is 0 Å². The van der Waals surface area contributed by atoms with Crippen molar-refractivity contribution in [2.75, 3.05) is 0 Å².